The van der Waals surface area contributed by atoms with Crippen molar-refractivity contribution in [2.24, 2.45) is 0 Å². The molecule has 7 rings (SSSR count). The number of hydrogen-bond donors (Lipinski definition) is 0. The van der Waals surface area contributed by atoms with Gasteiger partial charge in [-0.3, -0.25) is 4.98 Å². The molecule has 0 aliphatic carbocycles. The first-order chi connectivity index (χ1) is 19.1. The molecule has 0 unspecified atom stereocenters. The van der Waals surface area contributed by atoms with E-state index in [9.17, 15) is 8.78 Å². The van der Waals surface area contributed by atoms with Crippen LogP contribution in [0.3, 0.4) is 0 Å². The molecule has 0 spiro atoms. The topological polar surface area (TPSA) is 38.7 Å². The number of nitrogens with zero attached hydrogens (tertiary/aromatic N) is 3. The van der Waals surface area contributed by atoms with Gasteiger partial charge in [-0.2, -0.15) is 0 Å². The molecule has 7 aromatic rings. The lowest BCUT2D eigenvalue weighted by Crippen LogP contribution is -1.90. The Labute approximate surface area is 227 Å². The summed E-state index contributed by atoms with van der Waals surface area (Å²) in [5.41, 5.74) is 8.69. The summed E-state index contributed by atoms with van der Waals surface area (Å²) < 4.78 is 28.4. The summed E-state index contributed by atoms with van der Waals surface area (Å²) in [6.07, 6.45) is 1.79. The van der Waals surface area contributed by atoms with Crippen molar-refractivity contribution >= 4 is 32.6 Å². The maximum absolute atomic E-state index is 13.6. The quantitative estimate of drug-likeness (QED) is 0.229. The van der Waals surface area contributed by atoms with E-state index in [1.54, 1.807) is 17.5 Å². The number of benzene rings is 5. The Morgan fingerprint density at radius 1 is 0.487 bits per heavy atom. The molecule has 186 valence electrons. The minimum atomic E-state index is -0.592. The summed E-state index contributed by atoms with van der Waals surface area (Å²) in [5, 5.41) is 0.996. The van der Waals surface area contributed by atoms with Crippen LogP contribution in [0.25, 0.3) is 65.3 Å². The van der Waals surface area contributed by atoms with Gasteiger partial charge in [-0.05, 0) is 58.7 Å². The van der Waals surface area contributed by atoms with Gasteiger partial charge in [-0.15, -0.1) is 11.3 Å². The van der Waals surface area contributed by atoms with Crippen LogP contribution in [-0.2, 0) is 0 Å². The number of thiazole rings is 1. The SMILES string of the molecule is Fc1cc(F)cc(-c2ccc(-c3ccc4nc(-c5ccc(-c6nc7ccccc7s6)cc5)cnc4c3)cc2)c1. The van der Waals surface area contributed by atoms with Crippen LogP contribution in [0.5, 0.6) is 0 Å². The van der Waals surface area contributed by atoms with E-state index in [0.29, 0.717) is 5.56 Å². The molecule has 0 fully saturated rings. The van der Waals surface area contributed by atoms with Crippen molar-refractivity contribution in [3.63, 3.8) is 0 Å². The van der Waals surface area contributed by atoms with Crippen molar-refractivity contribution < 1.29 is 8.78 Å². The fourth-order valence-corrected chi connectivity index (χ4v) is 5.66. The average Bonchev–Trinajstić information content (AvgIpc) is 3.41. The van der Waals surface area contributed by atoms with Gasteiger partial charge in [0.2, 0.25) is 0 Å². The number of hydrogen-bond acceptors (Lipinski definition) is 4. The van der Waals surface area contributed by atoms with Gasteiger partial charge in [-0.25, -0.2) is 18.7 Å². The van der Waals surface area contributed by atoms with Gasteiger partial charge in [0.1, 0.15) is 16.6 Å². The fraction of sp³-hybridized carbons (Fsp3) is 0. The molecule has 0 aliphatic rings. The van der Waals surface area contributed by atoms with Gasteiger partial charge >= 0.3 is 0 Å². The van der Waals surface area contributed by atoms with Gasteiger partial charge in [0.05, 0.1) is 33.1 Å². The third kappa shape index (κ3) is 4.56. The lowest BCUT2D eigenvalue weighted by molar-refractivity contribution is 0.584. The number of rotatable bonds is 4. The molecule has 39 heavy (non-hydrogen) atoms. The summed E-state index contributed by atoms with van der Waals surface area (Å²) in [4.78, 5) is 14.3. The monoisotopic (exact) mass is 527 g/mol. The summed E-state index contributed by atoms with van der Waals surface area (Å²) in [5.74, 6) is -1.18. The molecule has 0 radical (unpaired) electrons. The van der Waals surface area contributed by atoms with Crippen molar-refractivity contribution in [2.45, 2.75) is 0 Å². The van der Waals surface area contributed by atoms with Crippen molar-refractivity contribution in [3.8, 4) is 44.1 Å². The van der Waals surface area contributed by atoms with Crippen LogP contribution in [0, 0.1) is 11.6 Å². The van der Waals surface area contributed by atoms with E-state index in [-0.39, 0.29) is 0 Å². The molecule has 2 aromatic heterocycles. The van der Waals surface area contributed by atoms with Crippen LogP contribution in [0.2, 0.25) is 0 Å². The molecule has 0 bridgehead atoms. The molecule has 0 aliphatic heterocycles. The lowest BCUT2D eigenvalue weighted by Gasteiger charge is -2.08. The van der Waals surface area contributed by atoms with Gasteiger partial charge < -0.3 is 0 Å². The molecule has 0 N–H and O–H groups in total. The van der Waals surface area contributed by atoms with E-state index in [0.717, 1.165) is 61.1 Å². The summed E-state index contributed by atoms with van der Waals surface area (Å²) >= 11 is 1.68. The predicted octanol–water partition coefficient (Wildman–Crippen LogP) is 9.19. The van der Waals surface area contributed by atoms with E-state index in [4.69, 9.17) is 9.97 Å². The van der Waals surface area contributed by atoms with E-state index in [1.165, 1.54) is 16.8 Å². The van der Waals surface area contributed by atoms with Gasteiger partial charge in [0.25, 0.3) is 0 Å². The molecule has 2 heterocycles. The minimum Gasteiger partial charge on any atom is -0.252 e. The highest BCUT2D eigenvalue weighted by molar-refractivity contribution is 7.21. The maximum Gasteiger partial charge on any atom is 0.126 e. The summed E-state index contributed by atoms with van der Waals surface area (Å²) in [7, 11) is 0. The Kier molecular flexibility index (Phi) is 5.68. The average molecular weight is 528 g/mol. The van der Waals surface area contributed by atoms with Crippen molar-refractivity contribution in [2.75, 3.05) is 0 Å². The maximum atomic E-state index is 13.6. The van der Waals surface area contributed by atoms with Crippen LogP contribution >= 0.6 is 11.3 Å². The number of fused-ring (bicyclic) bond motifs is 2. The van der Waals surface area contributed by atoms with Gasteiger partial charge in [0, 0.05) is 17.2 Å². The first-order valence-corrected chi connectivity index (χ1v) is 13.2. The van der Waals surface area contributed by atoms with Crippen molar-refractivity contribution in [3.05, 3.63) is 127 Å². The fourth-order valence-electron chi connectivity index (χ4n) is 4.68. The van der Waals surface area contributed by atoms with Crippen LogP contribution in [0.15, 0.2) is 115 Å². The third-order valence-corrected chi connectivity index (χ3v) is 7.76. The molecule has 5 aromatic carbocycles. The number of para-hydroxylation sites is 1. The van der Waals surface area contributed by atoms with Crippen molar-refractivity contribution in [1.29, 1.82) is 0 Å². The Balaban J connectivity index is 1.14. The highest BCUT2D eigenvalue weighted by atomic mass is 32.1. The Morgan fingerprint density at radius 3 is 1.87 bits per heavy atom. The molecule has 3 nitrogen and oxygen atoms in total. The molecule has 0 atom stereocenters. The van der Waals surface area contributed by atoms with E-state index in [2.05, 4.69) is 35.3 Å². The van der Waals surface area contributed by atoms with E-state index < -0.39 is 11.6 Å². The van der Waals surface area contributed by atoms with Crippen LogP contribution in [0.4, 0.5) is 8.78 Å². The zero-order valence-corrected chi connectivity index (χ0v) is 21.3. The molecular weight excluding hydrogens is 508 g/mol. The second-order valence-electron chi connectivity index (χ2n) is 9.26. The first-order valence-electron chi connectivity index (χ1n) is 12.4. The number of aromatic nitrogens is 3. The molecule has 0 amide bonds. The minimum absolute atomic E-state index is 0.504. The normalized spacial score (nSPS) is 11.3. The smallest absolute Gasteiger partial charge is 0.126 e. The number of halogens is 2. The van der Waals surface area contributed by atoms with Gasteiger partial charge in [0.15, 0.2) is 0 Å². The second kappa shape index (κ2) is 9.49. The van der Waals surface area contributed by atoms with Gasteiger partial charge in [-0.1, -0.05) is 66.7 Å². The lowest BCUT2D eigenvalue weighted by atomic mass is 10.00. The van der Waals surface area contributed by atoms with E-state index in [1.807, 2.05) is 60.7 Å². The standard InChI is InChI=1S/C33H19F2N3S/c34-26-15-25(16-27(35)18-26)21-7-5-20(6-8-21)24-13-14-28-30(17-24)36-19-31(37-28)22-9-11-23(12-10-22)33-38-29-3-1-2-4-32(29)39-33/h1-19H. The second-order valence-corrected chi connectivity index (χ2v) is 10.3. The van der Waals surface area contributed by atoms with Crippen LogP contribution in [0.1, 0.15) is 0 Å². The van der Waals surface area contributed by atoms with Crippen molar-refractivity contribution in [1.82, 2.24) is 15.0 Å². The molecule has 0 saturated heterocycles. The molecule has 0 saturated carbocycles. The Hall–Kier alpha value is -4.81. The van der Waals surface area contributed by atoms with Crippen LogP contribution in [-0.4, -0.2) is 15.0 Å². The summed E-state index contributed by atoms with van der Waals surface area (Å²) in [6, 6.07) is 33.5. The Morgan fingerprint density at radius 2 is 1.13 bits per heavy atom. The molecule has 6 heteroatoms. The highest BCUT2D eigenvalue weighted by Gasteiger charge is 2.09. The zero-order chi connectivity index (χ0) is 26.3. The highest BCUT2D eigenvalue weighted by Crippen LogP contribution is 2.32. The largest absolute Gasteiger partial charge is 0.252 e. The predicted molar refractivity (Wildman–Crippen MR) is 154 cm³/mol. The van der Waals surface area contributed by atoms with Crippen LogP contribution < -0.4 is 0 Å². The zero-order valence-electron chi connectivity index (χ0n) is 20.5. The Bertz CT molecular complexity index is 1930. The third-order valence-electron chi connectivity index (χ3n) is 6.68. The first kappa shape index (κ1) is 23.3. The van der Waals surface area contributed by atoms with E-state index >= 15 is 0 Å². The molecular formula is C33H19F2N3S. The summed E-state index contributed by atoms with van der Waals surface area (Å²) in [6.45, 7) is 0.